The van der Waals surface area contributed by atoms with Crippen molar-refractivity contribution >= 4 is 5.91 Å². The van der Waals surface area contributed by atoms with E-state index in [0.717, 1.165) is 19.5 Å². The van der Waals surface area contributed by atoms with Crippen molar-refractivity contribution in [3.8, 4) is 0 Å². The molecular formula is C12H24N2O. The number of carbonyl (C=O) groups excluding carboxylic acids is 1. The third kappa shape index (κ3) is 4.65. The van der Waals surface area contributed by atoms with E-state index in [-0.39, 0.29) is 11.9 Å². The van der Waals surface area contributed by atoms with Crippen molar-refractivity contribution in [1.29, 1.82) is 0 Å². The molecule has 0 aliphatic carbocycles. The third-order valence-corrected chi connectivity index (χ3v) is 3.03. The van der Waals surface area contributed by atoms with Crippen molar-refractivity contribution in [2.24, 2.45) is 5.73 Å². The van der Waals surface area contributed by atoms with E-state index in [1.807, 2.05) is 4.90 Å². The molecule has 1 unspecified atom stereocenters. The average Bonchev–Trinajstić information content (AvgIpc) is 2.51. The maximum absolute atomic E-state index is 11.4. The standard InChI is InChI=1S/C12H24N2O/c1-2-3-4-5-6-7-8-14-10-11(13)9-12(14)15/h11H,2-10,13H2,1H3. The summed E-state index contributed by atoms with van der Waals surface area (Å²) in [6, 6.07) is 0.0811. The molecule has 1 aliphatic heterocycles. The van der Waals surface area contributed by atoms with Crippen molar-refractivity contribution in [3.05, 3.63) is 0 Å². The van der Waals surface area contributed by atoms with Gasteiger partial charge in [-0.2, -0.15) is 0 Å². The van der Waals surface area contributed by atoms with Crippen molar-refractivity contribution < 1.29 is 4.79 Å². The SMILES string of the molecule is CCCCCCCCN1CC(N)CC1=O. The second kappa shape index (κ2) is 6.83. The molecule has 0 aromatic rings. The normalized spacial score (nSPS) is 21.3. The zero-order valence-corrected chi connectivity index (χ0v) is 9.87. The first-order chi connectivity index (χ1) is 7.24. The van der Waals surface area contributed by atoms with Gasteiger partial charge in [-0.25, -0.2) is 0 Å². The zero-order valence-electron chi connectivity index (χ0n) is 9.87. The summed E-state index contributed by atoms with van der Waals surface area (Å²) in [6.07, 6.45) is 8.22. The molecule has 3 nitrogen and oxygen atoms in total. The van der Waals surface area contributed by atoms with E-state index in [1.165, 1.54) is 32.1 Å². The van der Waals surface area contributed by atoms with E-state index in [0.29, 0.717) is 6.42 Å². The first-order valence-electron chi connectivity index (χ1n) is 6.27. The molecule has 0 aromatic heterocycles. The molecule has 1 atom stereocenters. The van der Waals surface area contributed by atoms with Gasteiger partial charge in [-0.3, -0.25) is 4.79 Å². The number of carbonyl (C=O) groups is 1. The van der Waals surface area contributed by atoms with Gasteiger partial charge in [0.15, 0.2) is 0 Å². The second-order valence-electron chi connectivity index (χ2n) is 4.57. The largest absolute Gasteiger partial charge is 0.341 e. The van der Waals surface area contributed by atoms with Crippen LogP contribution in [-0.2, 0) is 4.79 Å². The van der Waals surface area contributed by atoms with Crippen molar-refractivity contribution in [2.75, 3.05) is 13.1 Å². The van der Waals surface area contributed by atoms with Gasteiger partial charge in [0.05, 0.1) is 0 Å². The second-order valence-corrected chi connectivity index (χ2v) is 4.57. The van der Waals surface area contributed by atoms with Crippen molar-refractivity contribution in [2.45, 2.75) is 57.9 Å². The minimum atomic E-state index is 0.0811. The van der Waals surface area contributed by atoms with Crippen molar-refractivity contribution in [3.63, 3.8) is 0 Å². The Bertz CT molecular complexity index is 194. The Hall–Kier alpha value is -0.570. The Morgan fingerprint density at radius 2 is 1.93 bits per heavy atom. The Balaban J connectivity index is 1.98. The third-order valence-electron chi connectivity index (χ3n) is 3.03. The molecule has 2 N–H and O–H groups in total. The van der Waals surface area contributed by atoms with Crippen LogP contribution in [0.2, 0.25) is 0 Å². The van der Waals surface area contributed by atoms with Crippen LogP contribution in [0, 0.1) is 0 Å². The van der Waals surface area contributed by atoms with E-state index in [1.54, 1.807) is 0 Å². The summed E-state index contributed by atoms with van der Waals surface area (Å²) in [4.78, 5) is 13.3. The van der Waals surface area contributed by atoms with E-state index in [9.17, 15) is 4.79 Å². The van der Waals surface area contributed by atoms with Gasteiger partial charge < -0.3 is 10.6 Å². The molecule has 1 amide bonds. The predicted molar refractivity (Wildman–Crippen MR) is 62.5 cm³/mol. The lowest BCUT2D eigenvalue weighted by Gasteiger charge is -2.15. The Morgan fingerprint density at radius 3 is 2.53 bits per heavy atom. The fourth-order valence-corrected chi connectivity index (χ4v) is 2.10. The number of hydrogen-bond donors (Lipinski definition) is 1. The topological polar surface area (TPSA) is 46.3 Å². The lowest BCUT2D eigenvalue weighted by Crippen LogP contribution is -2.29. The molecule has 1 rings (SSSR count). The molecule has 0 aromatic carbocycles. The molecule has 1 saturated heterocycles. The van der Waals surface area contributed by atoms with Crippen LogP contribution in [0.25, 0.3) is 0 Å². The highest BCUT2D eigenvalue weighted by Gasteiger charge is 2.25. The van der Waals surface area contributed by atoms with Gasteiger partial charge in [-0.15, -0.1) is 0 Å². The highest BCUT2D eigenvalue weighted by molar-refractivity contribution is 5.79. The van der Waals surface area contributed by atoms with Crippen LogP contribution in [0.4, 0.5) is 0 Å². The number of nitrogens with zero attached hydrogens (tertiary/aromatic N) is 1. The average molecular weight is 212 g/mol. The Morgan fingerprint density at radius 1 is 1.27 bits per heavy atom. The van der Waals surface area contributed by atoms with Crippen LogP contribution in [-0.4, -0.2) is 29.9 Å². The fraction of sp³-hybridized carbons (Fsp3) is 0.917. The maximum Gasteiger partial charge on any atom is 0.224 e. The summed E-state index contributed by atoms with van der Waals surface area (Å²) in [5, 5.41) is 0. The smallest absolute Gasteiger partial charge is 0.224 e. The number of likely N-dealkylation sites (tertiary alicyclic amines) is 1. The summed E-state index contributed by atoms with van der Waals surface area (Å²) in [5.41, 5.74) is 5.72. The highest BCUT2D eigenvalue weighted by Crippen LogP contribution is 2.11. The molecule has 1 aliphatic rings. The lowest BCUT2D eigenvalue weighted by molar-refractivity contribution is -0.127. The monoisotopic (exact) mass is 212 g/mol. The molecular weight excluding hydrogens is 188 g/mol. The molecule has 88 valence electrons. The van der Waals surface area contributed by atoms with Gasteiger partial charge in [0.25, 0.3) is 0 Å². The van der Waals surface area contributed by atoms with Gasteiger partial charge in [-0.05, 0) is 6.42 Å². The van der Waals surface area contributed by atoms with Crippen LogP contribution in [0.5, 0.6) is 0 Å². The highest BCUT2D eigenvalue weighted by atomic mass is 16.2. The number of amides is 1. The summed E-state index contributed by atoms with van der Waals surface area (Å²) >= 11 is 0. The van der Waals surface area contributed by atoms with Gasteiger partial charge in [0, 0.05) is 25.6 Å². The van der Waals surface area contributed by atoms with E-state index in [4.69, 9.17) is 5.73 Å². The number of hydrogen-bond acceptors (Lipinski definition) is 2. The molecule has 1 heterocycles. The molecule has 0 spiro atoms. The number of nitrogens with two attached hydrogens (primary N) is 1. The first-order valence-corrected chi connectivity index (χ1v) is 6.27. The Kier molecular flexibility index (Phi) is 5.69. The minimum Gasteiger partial charge on any atom is -0.341 e. The summed E-state index contributed by atoms with van der Waals surface area (Å²) in [6.45, 7) is 3.91. The summed E-state index contributed by atoms with van der Waals surface area (Å²) in [7, 11) is 0. The maximum atomic E-state index is 11.4. The van der Waals surface area contributed by atoms with E-state index in [2.05, 4.69) is 6.92 Å². The van der Waals surface area contributed by atoms with Gasteiger partial charge in [-0.1, -0.05) is 39.0 Å². The summed E-state index contributed by atoms with van der Waals surface area (Å²) < 4.78 is 0. The number of unbranched alkanes of at least 4 members (excludes halogenated alkanes) is 5. The molecule has 3 heteroatoms. The van der Waals surface area contributed by atoms with Gasteiger partial charge in [0.2, 0.25) is 5.91 Å². The van der Waals surface area contributed by atoms with Gasteiger partial charge >= 0.3 is 0 Å². The van der Waals surface area contributed by atoms with Crippen LogP contribution in [0.15, 0.2) is 0 Å². The molecule has 0 radical (unpaired) electrons. The lowest BCUT2D eigenvalue weighted by atomic mass is 10.1. The Labute approximate surface area is 93.0 Å². The molecule has 1 fully saturated rings. The molecule has 0 saturated carbocycles. The number of rotatable bonds is 7. The minimum absolute atomic E-state index is 0.0811. The van der Waals surface area contributed by atoms with E-state index < -0.39 is 0 Å². The van der Waals surface area contributed by atoms with Gasteiger partial charge in [0.1, 0.15) is 0 Å². The van der Waals surface area contributed by atoms with Crippen LogP contribution in [0.3, 0.4) is 0 Å². The van der Waals surface area contributed by atoms with Crippen molar-refractivity contribution in [1.82, 2.24) is 4.90 Å². The van der Waals surface area contributed by atoms with Crippen LogP contribution in [0.1, 0.15) is 51.9 Å². The zero-order chi connectivity index (χ0) is 11.1. The van der Waals surface area contributed by atoms with Crippen LogP contribution < -0.4 is 5.73 Å². The molecule has 15 heavy (non-hydrogen) atoms. The first kappa shape index (κ1) is 12.5. The quantitative estimate of drug-likeness (QED) is 0.655. The summed E-state index contributed by atoms with van der Waals surface area (Å²) in [5.74, 6) is 0.246. The predicted octanol–water partition coefficient (Wildman–Crippen LogP) is 1.91. The van der Waals surface area contributed by atoms with E-state index >= 15 is 0 Å². The van der Waals surface area contributed by atoms with Crippen LogP contribution >= 0.6 is 0 Å². The fourth-order valence-electron chi connectivity index (χ4n) is 2.10. The molecule has 0 bridgehead atoms.